The number of nitrogens with two attached hydrogens (primary N) is 1. The van der Waals surface area contributed by atoms with Gasteiger partial charge in [-0.2, -0.15) is 26.3 Å². The van der Waals surface area contributed by atoms with Crippen molar-refractivity contribution in [1.82, 2.24) is 10.3 Å². The number of hydrogen-bond acceptors (Lipinski definition) is 4. The van der Waals surface area contributed by atoms with Gasteiger partial charge in [-0.3, -0.25) is 0 Å². The number of aliphatic hydroxyl groups is 1. The van der Waals surface area contributed by atoms with E-state index in [1.54, 1.807) is 0 Å². The molecule has 2 aromatic rings. The molecule has 4 nitrogen and oxygen atoms in total. The normalized spacial score (nSPS) is 17.3. The first kappa shape index (κ1) is 24.9. The first-order valence-electron chi connectivity index (χ1n) is 10.2. The molecule has 1 heterocycles. The van der Waals surface area contributed by atoms with Gasteiger partial charge in [0, 0.05) is 31.1 Å². The minimum Gasteiger partial charge on any atom is -0.388 e. The van der Waals surface area contributed by atoms with E-state index in [-0.39, 0.29) is 29.2 Å². The molecule has 4 N–H and O–H groups in total. The van der Waals surface area contributed by atoms with Gasteiger partial charge < -0.3 is 16.2 Å². The van der Waals surface area contributed by atoms with E-state index < -0.39 is 29.7 Å². The van der Waals surface area contributed by atoms with E-state index in [4.69, 9.17) is 5.73 Å². The molecule has 0 spiro atoms. The third kappa shape index (κ3) is 6.43. The molecule has 1 aromatic carbocycles. The molecule has 1 aromatic heterocycles. The summed E-state index contributed by atoms with van der Waals surface area (Å²) < 4.78 is 78.8. The molecular weight excluding hydrogens is 448 g/mol. The zero-order valence-corrected chi connectivity index (χ0v) is 17.4. The van der Waals surface area contributed by atoms with Crippen LogP contribution in [0.2, 0.25) is 0 Å². The van der Waals surface area contributed by atoms with E-state index in [1.807, 2.05) is 18.2 Å². The summed E-state index contributed by atoms with van der Waals surface area (Å²) in [4.78, 5) is 3.58. The lowest BCUT2D eigenvalue weighted by Gasteiger charge is -2.20. The molecule has 178 valence electrons. The lowest BCUT2D eigenvalue weighted by molar-refractivity contribution is -0.141. The molecule has 0 saturated heterocycles. The molecule has 0 fully saturated rings. The van der Waals surface area contributed by atoms with Crippen molar-refractivity contribution in [2.24, 2.45) is 11.7 Å². The fourth-order valence-electron chi connectivity index (χ4n) is 3.56. The van der Waals surface area contributed by atoms with Gasteiger partial charge in [-0.15, -0.1) is 0 Å². The van der Waals surface area contributed by atoms with E-state index in [0.717, 1.165) is 35.9 Å². The fraction of sp³-hybridized carbons (Fsp3) is 0.348. The number of nitrogens with zero attached hydrogens (tertiary/aromatic N) is 1. The van der Waals surface area contributed by atoms with Crippen LogP contribution in [0.15, 0.2) is 60.2 Å². The van der Waals surface area contributed by atoms with Gasteiger partial charge >= 0.3 is 12.4 Å². The fourth-order valence-corrected chi connectivity index (χ4v) is 3.56. The highest BCUT2D eigenvalue weighted by Gasteiger charge is 2.34. The molecule has 10 heteroatoms. The predicted octanol–water partition coefficient (Wildman–Crippen LogP) is 4.87. The lowest BCUT2D eigenvalue weighted by atomic mass is 9.92. The van der Waals surface area contributed by atoms with Crippen molar-refractivity contribution in [3.05, 3.63) is 77.0 Å². The highest BCUT2D eigenvalue weighted by molar-refractivity contribution is 5.61. The van der Waals surface area contributed by atoms with Gasteiger partial charge in [0.25, 0.3) is 0 Å². The SMILES string of the molecule is NCCNCC1=CC=CC1C[C@@H](O)c1cc(-c2ccc(C(F)(F)F)cc2)nc(C(F)(F)F)c1. The Labute approximate surface area is 186 Å². The van der Waals surface area contributed by atoms with Gasteiger partial charge in [-0.1, -0.05) is 30.4 Å². The average Bonchev–Trinajstić information content (AvgIpc) is 3.19. The molecule has 0 aliphatic heterocycles. The Bertz CT molecular complexity index is 1010. The Morgan fingerprint density at radius 3 is 2.33 bits per heavy atom. The standard InChI is InChI=1S/C23H23F6N3O/c24-22(25,26)18-6-4-14(5-7-18)19-10-17(12-21(32-19)23(27,28)29)20(33)11-15-2-1-3-16(15)13-31-9-8-30/h1-7,10,12,15,20,31,33H,8-9,11,13,30H2/t15?,20-/m1/s1. The molecule has 0 saturated carbocycles. The van der Waals surface area contributed by atoms with Crippen LogP contribution in [0, 0.1) is 5.92 Å². The maximum absolute atomic E-state index is 13.5. The third-order valence-corrected chi connectivity index (χ3v) is 5.29. The number of aromatic nitrogens is 1. The van der Waals surface area contributed by atoms with Crippen molar-refractivity contribution in [2.75, 3.05) is 19.6 Å². The van der Waals surface area contributed by atoms with Crippen LogP contribution in [0.25, 0.3) is 11.3 Å². The number of pyridine rings is 1. The summed E-state index contributed by atoms with van der Waals surface area (Å²) in [5.41, 5.74) is 4.17. The first-order valence-corrected chi connectivity index (χ1v) is 10.2. The molecule has 0 bridgehead atoms. The van der Waals surface area contributed by atoms with Crippen LogP contribution in [0.3, 0.4) is 0 Å². The van der Waals surface area contributed by atoms with Gasteiger partial charge in [-0.05, 0) is 41.8 Å². The van der Waals surface area contributed by atoms with Crippen LogP contribution in [0.4, 0.5) is 26.3 Å². The third-order valence-electron chi connectivity index (χ3n) is 5.29. The number of allylic oxidation sites excluding steroid dienone is 3. The largest absolute Gasteiger partial charge is 0.433 e. The van der Waals surface area contributed by atoms with E-state index in [0.29, 0.717) is 19.6 Å². The quantitative estimate of drug-likeness (QED) is 0.380. The summed E-state index contributed by atoms with van der Waals surface area (Å²) >= 11 is 0. The van der Waals surface area contributed by atoms with Crippen molar-refractivity contribution < 1.29 is 31.4 Å². The Morgan fingerprint density at radius 1 is 1.03 bits per heavy atom. The van der Waals surface area contributed by atoms with E-state index in [2.05, 4.69) is 10.3 Å². The average molecular weight is 471 g/mol. The molecule has 1 aliphatic carbocycles. The highest BCUT2D eigenvalue weighted by atomic mass is 19.4. The zero-order valence-electron chi connectivity index (χ0n) is 17.4. The molecule has 2 atom stereocenters. The van der Waals surface area contributed by atoms with Gasteiger partial charge in [-0.25, -0.2) is 4.98 Å². The molecule has 3 rings (SSSR count). The second-order valence-electron chi connectivity index (χ2n) is 7.69. The van der Waals surface area contributed by atoms with Crippen molar-refractivity contribution >= 4 is 0 Å². The number of rotatable bonds is 8. The topological polar surface area (TPSA) is 71.2 Å². The number of alkyl halides is 6. The maximum atomic E-state index is 13.5. The second kappa shape index (κ2) is 10.1. The summed E-state index contributed by atoms with van der Waals surface area (Å²) in [5.74, 6) is -0.178. The molecule has 1 aliphatic rings. The summed E-state index contributed by atoms with van der Waals surface area (Å²) in [5, 5.41) is 13.9. The van der Waals surface area contributed by atoms with Crippen LogP contribution in [-0.4, -0.2) is 29.7 Å². The van der Waals surface area contributed by atoms with Crippen molar-refractivity contribution in [3.63, 3.8) is 0 Å². The Morgan fingerprint density at radius 2 is 1.73 bits per heavy atom. The summed E-state index contributed by atoms with van der Waals surface area (Å²) in [7, 11) is 0. The van der Waals surface area contributed by atoms with Gasteiger partial charge in [0.05, 0.1) is 17.4 Å². The maximum Gasteiger partial charge on any atom is 0.433 e. The minimum atomic E-state index is -4.79. The van der Waals surface area contributed by atoms with Crippen molar-refractivity contribution in [2.45, 2.75) is 24.9 Å². The molecule has 33 heavy (non-hydrogen) atoms. The van der Waals surface area contributed by atoms with E-state index in [1.165, 1.54) is 6.07 Å². The van der Waals surface area contributed by atoms with Gasteiger partial charge in [0.15, 0.2) is 0 Å². The van der Waals surface area contributed by atoms with Crippen LogP contribution < -0.4 is 11.1 Å². The molecule has 0 amide bonds. The first-order chi connectivity index (χ1) is 15.5. The zero-order chi connectivity index (χ0) is 24.2. The molecular formula is C23H23F6N3O. The van der Waals surface area contributed by atoms with Crippen LogP contribution in [0.1, 0.15) is 29.3 Å². The monoisotopic (exact) mass is 471 g/mol. The van der Waals surface area contributed by atoms with E-state index >= 15 is 0 Å². The minimum absolute atomic E-state index is 0.0122. The van der Waals surface area contributed by atoms with Crippen LogP contribution in [-0.2, 0) is 12.4 Å². The Hall–Kier alpha value is -2.69. The number of aliphatic hydroxyl groups excluding tert-OH is 1. The number of hydrogen-bond donors (Lipinski definition) is 3. The summed E-state index contributed by atoms with van der Waals surface area (Å²) in [6.45, 7) is 1.59. The Balaban J connectivity index is 1.87. The smallest absolute Gasteiger partial charge is 0.388 e. The summed E-state index contributed by atoms with van der Waals surface area (Å²) in [6.07, 6.45) is -4.92. The molecule has 1 unspecified atom stereocenters. The number of benzene rings is 1. The van der Waals surface area contributed by atoms with Crippen molar-refractivity contribution in [1.29, 1.82) is 0 Å². The van der Waals surface area contributed by atoms with E-state index in [9.17, 15) is 31.4 Å². The number of halogens is 6. The van der Waals surface area contributed by atoms with Crippen molar-refractivity contribution in [3.8, 4) is 11.3 Å². The predicted molar refractivity (Wildman–Crippen MR) is 112 cm³/mol. The van der Waals surface area contributed by atoms with Gasteiger partial charge in [0.2, 0.25) is 0 Å². The van der Waals surface area contributed by atoms with Gasteiger partial charge in [0.1, 0.15) is 5.69 Å². The lowest BCUT2D eigenvalue weighted by Crippen LogP contribution is -2.26. The molecule has 0 radical (unpaired) electrons. The van der Waals surface area contributed by atoms with Crippen LogP contribution in [0.5, 0.6) is 0 Å². The number of nitrogens with one attached hydrogen (secondary N) is 1. The van der Waals surface area contributed by atoms with Crippen LogP contribution >= 0.6 is 0 Å². The Kier molecular flexibility index (Phi) is 7.61. The second-order valence-corrected chi connectivity index (χ2v) is 7.69. The highest BCUT2D eigenvalue weighted by Crippen LogP contribution is 2.36. The summed E-state index contributed by atoms with van der Waals surface area (Å²) in [6, 6.07) is 5.73.